The number of anilines is 1. The van der Waals surface area contributed by atoms with Crippen LogP contribution in [0.3, 0.4) is 0 Å². The van der Waals surface area contributed by atoms with Gasteiger partial charge in [-0.1, -0.05) is 42.5 Å². The minimum Gasteiger partial charge on any atom is -0.508 e. The Labute approximate surface area is 174 Å². The summed E-state index contributed by atoms with van der Waals surface area (Å²) in [6.45, 7) is 3.88. The average molecular weight is 399 g/mol. The van der Waals surface area contributed by atoms with E-state index in [4.69, 9.17) is 0 Å². The number of hydrogen-bond acceptors (Lipinski definition) is 4. The summed E-state index contributed by atoms with van der Waals surface area (Å²) >= 11 is 0. The molecule has 3 aromatic rings. The largest absolute Gasteiger partial charge is 0.508 e. The number of nitrogens with zero attached hydrogens (tertiary/aromatic N) is 1. The Morgan fingerprint density at radius 2 is 1.53 bits per heavy atom. The molecule has 150 valence electrons. The molecule has 1 unspecified atom stereocenters. The van der Waals surface area contributed by atoms with E-state index in [1.165, 1.54) is 17.0 Å². The van der Waals surface area contributed by atoms with E-state index in [1.54, 1.807) is 48.5 Å². The second-order valence-corrected chi connectivity index (χ2v) is 7.40. The first kappa shape index (κ1) is 19.5. The van der Waals surface area contributed by atoms with Crippen LogP contribution in [-0.4, -0.2) is 21.9 Å². The summed E-state index contributed by atoms with van der Waals surface area (Å²) in [6, 6.07) is 19.8. The quantitative estimate of drug-likeness (QED) is 0.382. The number of rotatable bonds is 3. The fourth-order valence-electron chi connectivity index (χ4n) is 3.70. The number of benzene rings is 3. The maximum absolute atomic E-state index is 13.0. The predicted octanol–water partition coefficient (Wildman–Crippen LogP) is 4.64. The maximum atomic E-state index is 13.0. The van der Waals surface area contributed by atoms with E-state index in [-0.39, 0.29) is 17.1 Å². The number of amides is 1. The summed E-state index contributed by atoms with van der Waals surface area (Å²) in [5, 5.41) is 20.8. The van der Waals surface area contributed by atoms with E-state index >= 15 is 0 Å². The molecule has 0 aromatic heterocycles. The predicted molar refractivity (Wildman–Crippen MR) is 115 cm³/mol. The number of para-hydroxylation sites is 1. The number of carbonyl (C=O) groups excluding carboxylic acids is 2. The van der Waals surface area contributed by atoms with Crippen LogP contribution in [0.15, 0.2) is 78.4 Å². The zero-order valence-corrected chi connectivity index (χ0v) is 16.7. The smallest absolute Gasteiger partial charge is 0.300 e. The van der Waals surface area contributed by atoms with Crippen molar-refractivity contribution in [1.29, 1.82) is 0 Å². The van der Waals surface area contributed by atoms with Crippen LogP contribution in [0.1, 0.15) is 28.3 Å². The van der Waals surface area contributed by atoms with Crippen molar-refractivity contribution in [3.8, 4) is 5.75 Å². The molecule has 2 N–H and O–H groups in total. The highest BCUT2D eigenvalue weighted by molar-refractivity contribution is 6.51. The number of phenolic OH excluding ortho intramolecular Hbond substituents is 1. The highest BCUT2D eigenvalue weighted by Crippen LogP contribution is 2.42. The Hall–Kier alpha value is -3.86. The third-order valence-electron chi connectivity index (χ3n) is 5.47. The molecule has 0 aliphatic carbocycles. The molecule has 1 aliphatic heterocycles. The summed E-state index contributed by atoms with van der Waals surface area (Å²) in [5.41, 5.74) is 3.70. The van der Waals surface area contributed by atoms with Crippen LogP contribution in [0.4, 0.5) is 5.69 Å². The van der Waals surface area contributed by atoms with E-state index in [1.807, 2.05) is 26.0 Å². The van der Waals surface area contributed by atoms with E-state index in [9.17, 15) is 19.8 Å². The van der Waals surface area contributed by atoms with Gasteiger partial charge in [-0.15, -0.1) is 0 Å². The SMILES string of the molecule is Cc1ccc(/C(O)=C2/C(=O)C(=O)N(c3ccccc3)C2c2ccc(O)cc2)cc1C. The van der Waals surface area contributed by atoms with Crippen LogP contribution in [-0.2, 0) is 9.59 Å². The zero-order chi connectivity index (χ0) is 21.4. The topological polar surface area (TPSA) is 77.8 Å². The standard InChI is InChI=1S/C25H21NO4/c1-15-8-9-18(14-16(15)2)23(28)21-22(17-10-12-20(27)13-11-17)26(25(30)24(21)29)19-6-4-3-5-7-19/h3-14,22,27-28H,1-2H3/b23-21-. The first-order valence-electron chi connectivity index (χ1n) is 9.61. The van der Waals surface area contributed by atoms with Crippen molar-refractivity contribution < 1.29 is 19.8 Å². The van der Waals surface area contributed by atoms with Gasteiger partial charge in [0, 0.05) is 11.3 Å². The van der Waals surface area contributed by atoms with Gasteiger partial charge in [0.15, 0.2) is 0 Å². The molecule has 1 aliphatic rings. The molecule has 1 atom stereocenters. The van der Waals surface area contributed by atoms with Gasteiger partial charge in [0.25, 0.3) is 11.7 Å². The fraction of sp³-hybridized carbons (Fsp3) is 0.120. The van der Waals surface area contributed by atoms with Gasteiger partial charge >= 0.3 is 0 Å². The molecule has 5 heteroatoms. The van der Waals surface area contributed by atoms with Gasteiger partial charge in [-0.25, -0.2) is 0 Å². The van der Waals surface area contributed by atoms with E-state index in [2.05, 4.69) is 0 Å². The zero-order valence-electron chi connectivity index (χ0n) is 16.7. The molecule has 1 saturated heterocycles. The molecule has 1 heterocycles. The van der Waals surface area contributed by atoms with Crippen LogP contribution < -0.4 is 4.90 Å². The van der Waals surface area contributed by atoms with Crippen LogP contribution in [0.5, 0.6) is 5.75 Å². The van der Waals surface area contributed by atoms with Crippen molar-refractivity contribution in [3.05, 3.63) is 101 Å². The van der Waals surface area contributed by atoms with Gasteiger partial charge < -0.3 is 10.2 Å². The van der Waals surface area contributed by atoms with E-state index < -0.39 is 17.7 Å². The molecule has 1 amide bonds. The number of ketones is 1. The van der Waals surface area contributed by atoms with Crippen molar-refractivity contribution in [2.24, 2.45) is 0 Å². The molecule has 5 nitrogen and oxygen atoms in total. The summed E-state index contributed by atoms with van der Waals surface area (Å²) in [4.78, 5) is 27.4. The van der Waals surface area contributed by atoms with Crippen LogP contribution in [0.25, 0.3) is 5.76 Å². The molecule has 0 bridgehead atoms. The highest BCUT2D eigenvalue weighted by atomic mass is 16.3. The van der Waals surface area contributed by atoms with Gasteiger partial charge in [0.2, 0.25) is 0 Å². The van der Waals surface area contributed by atoms with Crippen LogP contribution >= 0.6 is 0 Å². The lowest BCUT2D eigenvalue weighted by molar-refractivity contribution is -0.132. The molecule has 3 aromatic carbocycles. The van der Waals surface area contributed by atoms with Crippen LogP contribution in [0.2, 0.25) is 0 Å². The number of aryl methyl sites for hydroxylation is 2. The summed E-state index contributed by atoms with van der Waals surface area (Å²) in [7, 11) is 0. The van der Waals surface area contributed by atoms with Crippen molar-refractivity contribution in [1.82, 2.24) is 0 Å². The number of Topliss-reactive ketones (excluding diaryl/α,β-unsaturated/α-hetero) is 1. The molecule has 1 fully saturated rings. The van der Waals surface area contributed by atoms with E-state index in [0.717, 1.165) is 11.1 Å². The molecule has 0 spiro atoms. The fourth-order valence-corrected chi connectivity index (χ4v) is 3.70. The Bertz CT molecular complexity index is 1160. The Kier molecular flexibility index (Phi) is 4.88. The lowest BCUT2D eigenvalue weighted by Gasteiger charge is -2.25. The lowest BCUT2D eigenvalue weighted by Crippen LogP contribution is -2.29. The number of carbonyl (C=O) groups is 2. The van der Waals surface area contributed by atoms with Crippen LogP contribution in [0, 0.1) is 13.8 Å². The number of hydrogen-bond donors (Lipinski definition) is 2. The van der Waals surface area contributed by atoms with Crippen molar-refractivity contribution in [2.75, 3.05) is 4.90 Å². The summed E-state index contributed by atoms with van der Waals surface area (Å²) < 4.78 is 0. The second kappa shape index (κ2) is 7.52. The van der Waals surface area contributed by atoms with Crippen molar-refractivity contribution >= 4 is 23.1 Å². The highest BCUT2D eigenvalue weighted by Gasteiger charge is 2.46. The second-order valence-electron chi connectivity index (χ2n) is 7.40. The molecule has 4 rings (SSSR count). The molecule has 0 radical (unpaired) electrons. The number of phenols is 1. The van der Waals surface area contributed by atoms with Gasteiger partial charge in [-0.05, 0) is 60.9 Å². The molecular formula is C25H21NO4. The van der Waals surface area contributed by atoms with Crippen molar-refractivity contribution in [3.63, 3.8) is 0 Å². The Morgan fingerprint density at radius 3 is 2.17 bits per heavy atom. The maximum Gasteiger partial charge on any atom is 0.300 e. The lowest BCUT2D eigenvalue weighted by atomic mass is 9.94. The monoisotopic (exact) mass is 399 g/mol. The number of aliphatic hydroxyl groups is 1. The minimum atomic E-state index is -0.811. The number of aliphatic hydroxyl groups excluding tert-OH is 1. The molecular weight excluding hydrogens is 378 g/mol. The van der Waals surface area contributed by atoms with E-state index in [0.29, 0.717) is 16.8 Å². The third kappa shape index (κ3) is 3.24. The molecule has 0 saturated carbocycles. The number of aromatic hydroxyl groups is 1. The first-order valence-corrected chi connectivity index (χ1v) is 9.61. The summed E-state index contributed by atoms with van der Waals surface area (Å²) in [6.07, 6.45) is 0. The van der Waals surface area contributed by atoms with Gasteiger partial charge in [0.05, 0.1) is 11.6 Å². The molecule has 30 heavy (non-hydrogen) atoms. The first-order chi connectivity index (χ1) is 14.4. The van der Waals surface area contributed by atoms with Gasteiger partial charge in [-0.3, -0.25) is 14.5 Å². The third-order valence-corrected chi connectivity index (χ3v) is 5.47. The summed E-state index contributed by atoms with van der Waals surface area (Å²) in [5.74, 6) is -1.59. The Balaban J connectivity index is 1.95. The normalized spacial score (nSPS) is 18.1. The minimum absolute atomic E-state index is 0.0257. The van der Waals surface area contributed by atoms with Gasteiger partial charge in [-0.2, -0.15) is 0 Å². The van der Waals surface area contributed by atoms with Crippen molar-refractivity contribution in [2.45, 2.75) is 19.9 Å². The van der Waals surface area contributed by atoms with Gasteiger partial charge in [0.1, 0.15) is 11.5 Å². The Morgan fingerprint density at radius 1 is 0.867 bits per heavy atom. The average Bonchev–Trinajstić information content (AvgIpc) is 3.01.